The number of carbonyl (C=O) groups excluding carboxylic acids is 1. The van der Waals surface area contributed by atoms with E-state index in [4.69, 9.17) is 4.42 Å². The number of carbonyl (C=O) groups is 1. The maximum atomic E-state index is 12.9. The number of aliphatic hydroxyl groups is 1. The van der Waals surface area contributed by atoms with E-state index >= 15 is 0 Å². The second-order valence-electron chi connectivity index (χ2n) is 6.70. The Kier molecular flexibility index (Phi) is 4.60. The van der Waals surface area contributed by atoms with Crippen molar-refractivity contribution in [2.45, 2.75) is 50.0 Å². The lowest BCUT2D eigenvalue weighted by atomic mass is 9.83. The molecule has 1 amide bonds. The minimum Gasteiger partial charge on any atom is -0.469 e. The molecule has 1 aliphatic carbocycles. The van der Waals surface area contributed by atoms with Gasteiger partial charge < -0.3 is 14.8 Å². The van der Waals surface area contributed by atoms with Crippen molar-refractivity contribution in [2.75, 3.05) is 6.54 Å². The monoisotopic (exact) mass is 333 g/mol. The molecule has 1 aliphatic rings. The van der Waals surface area contributed by atoms with Gasteiger partial charge >= 0.3 is 0 Å². The maximum Gasteiger partial charge on any atom is 0.231 e. The van der Waals surface area contributed by atoms with Crippen LogP contribution in [0.15, 0.2) is 40.3 Å². The summed E-state index contributed by atoms with van der Waals surface area (Å²) in [5.41, 5.74) is -1.43. The highest BCUT2D eigenvalue weighted by Crippen LogP contribution is 2.43. The van der Waals surface area contributed by atoms with Crippen LogP contribution in [0.4, 0.5) is 0 Å². The number of furan rings is 1. The molecule has 0 aromatic carbocycles. The number of nitrogens with one attached hydrogen (secondary N) is 1. The summed E-state index contributed by atoms with van der Waals surface area (Å²) in [5.74, 6) is 0.759. The number of rotatable bonds is 6. The van der Waals surface area contributed by atoms with Gasteiger partial charge in [0.2, 0.25) is 5.91 Å². The predicted octanol–water partition coefficient (Wildman–Crippen LogP) is 3.26. The average molecular weight is 333 g/mol. The Morgan fingerprint density at radius 2 is 2.17 bits per heavy atom. The lowest BCUT2D eigenvalue weighted by molar-refractivity contribution is -0.127. The largest absolute Gasteiger partial charge is 0.469 e. The molecule has 0 spiro atoms. The third-order valence-electron chi connectivity index (χ3n) is 4.65. The number of hydrogen-bond donors (Lipinski definition) is 2. The van der Waals surface area contributed by atoms with Gasteiger partial charge in [-0.25, -0.2) is 0 Å². The molecule has 23 heavy (non-hydrogen) atoms. The molecule has 2 aromatic rings. The summed E-state index contributed by atoms with van der Waals surface area (Å²) >= 11 is 1.65. The number of amides is 1. The summed E-state index contributed by atoms with van der Waals surface area (Å²) in [4.78, 5) is 14.0. The van der Waals surface area contributed by atoms with E-state index in [-0.39, 0.29) is 12.5 Å². The van der Waals surface area contributed by atoms with Gasteiger partial charge in [-0.2, -0.15) is 0 Å². The quantitative estimate of drug-likeness (QED) is 0.853. The molecule has 2 N–H and O–H groups in total. The van der Waals surface area contributed by atoms with Crippen LogP contribution in [-0.4, -0.2) is 23.2 Å². The minimum atomic E-state index is -1.03. The van der Waals surface area contributed by atoms with Gasteiger partial charge in [-0.3, -0.25) is 4.79 Å². The van der Waals surface area contributed by atoms with E-state index in [0.29, 0.717) is 6.42 Å². The van der Waals surface area contributed by atoms with Crippen LogP contribution in [-0.2, 0) is 16.6 Å². The van der Waals surface area contributed by atoms with Gasteiger partial charge in [0.1, 0.15) is 5.76 Å². The Bertz CT molecular complexity index is 625. The highest BCUT2D eigenvalue weighted by atomic mass is 32.1. The molecule has 1 atom stereocenters. The standard InChI is InChI=1S/C18H23NO3S/c1-17(21,12-14-6-4-10-22-14)13-19-16(20)18(8-2-3-9-18)15-7-5-11-23-15/h4-7,10-11,21H,2-3,8-9,12-13H2,1H3,(H,19,20)/t17-/m1/s1. The molecular formula is C18H23NO3S. The third kappa shape index (κ3) is 3.51. The van der Waals surface area contributed by atoms with Gasteiger partial charge in [0.25, 0.3) is 0 Å². The summed E-state index contributed by atoms with van der Waals surface area (Å²) in [6, 6.07) is 7.69. The van der Waals surface area contributed by atoms with Gasteiger partial charge in [0, 0.05) is 17.8 Å². The van der Waals surface area contributed by atoms with E-state index in [1.165, 1.54) is 0 Å². The fraction of sp³-hybridized carbons (Fsp3) is 0.500. The molecule has 5 heteroatoms. The topological polar surface area (TPSA) is 62.5 Å². The molecule has 0 unspecified atom stereocenters. The lowest BCUT2D eigenvalue weighted by Crippen LogP contribution is -2.48. The van der Waals surface area contributed by atoms with Crippen molar-refractivity contribution in [2.24, 2.45) is 0 Å². The molecule has 1 saturated carbocycles. The Labute approximate surface area is 140 Å². The van der Waals surface area contributed by atoms with Crippen molar-refractivity contribution in [3.05, 3.63) is 46.5 Å². The van der Waals surface area contributed by atoms with Crippen molar-refractivity contribution in [3.8, 4) is 0 Å². The van der Waals surface area contributed by atoms with E-state index in [2.05, 4.69) is 11.4 Å². The van der Waals surface area contributed by atoms with Gasteiger partial charge in [-0.05, 0) is 43.3 Å². The smallest absolute Gasteiger partial charge is 0.231 e. The second-order valence-corrected chi connectivity index (χ2v) is 7.65. The zero-order valence-electron chi connectivity index (χ0n) is 13.4. The molecular weight excluding hydrogens is 310 g/mol. The molecule has 0 aliphatic heterocycles. The predicted molar refractivity (Wildman–Crippen MR) is 90.5 cm³/mol. The first-order chi connectivity index (χ1) is 11.0. The van der Waals surface area contributed by atoms with Crippen LogP contribution >= 0.6 is 11.3 Å². The number of hydrogen-bond acceptors (Lipinski definition) is 4. The minimum absolute atomic E-state index is 0.0390. The normalized spacial score (nSPS) is 19.4. The van der Waals surface area contributed by atoms with Crippen molar-refractivity contribution in [3.63, 3.8) is 0 Å². The van der Waals surface area contributed by atoms with Gasteiger partial charge in [-0.1, -0.05) is 18.9 Å². The highest BCUT2D eigenvalue weighted by Gasteiger charge is 2.43. The molecule has 0 bridgehead atoms. The number of thiophene rings is 1. The van der Waals surface area contributed by atoms with Crippen LogP contribution in [0.3, 0.4) is 0 Å². The van der Waals surface area contributed by atoms with Gasteiger partial charge in [0.05, 0.1) is 17.3 Å². The zero-order valence-corrected chi connectivity index (χ0v) is 14.2. The average Bonchev–Trinajstić information content (AvgIpc) is 3.24. The second kappa shape index (κ2) is 6.49. The fourth-order valence-electron chi connectivity index (χ4n) is 3.41. The highest BCUT2D eigenvalue weighted by molar-refractivity contribution is 7.10. The molecule has 0 radical (unpaired) electrons. The van der Waals surface area contributed by atoms with Crippen LogP contribution in [0.25, 0.3) is 0 Å². The molecule has 2 heterocycles. The Morgan fingerprint density at radius 3 is 2.78 bits per heavy atom. The SMILES string of the molecule is C[C@](O)(CNC(=O)C1(c2cccs2)CCCC1)Cc1ccco1. The van der Waals surface area contributed by atoms with Crippen LogP contribution in [0, 0.1) is 0 Å². The Hall–Kier alpha value is -1.59. The van der Waals surface area contributed by atoms with Crippen LogP contribution in [0.1, 0.15) is 43.2 Å². The third-order valence-corrected chi connectivity index (χ3v) is 5.72. The van der Waals surface area contributed by atoms with Crippen molar-refractivity contribution < 1.29 is 14.3 Å². The Balaban J connectivity index is 1.66. The summed E-state index contributed by atoms with van der Waals surface area (Å²) in [7, 11) is 0. The van der Waals surface area contributed by atoms with E-state index in [1.54, 1.807) is 30.6 Å². The zero-order chi connectivity index (χ0) is 16.3. The van der Waals surface area contributed by atoms with Crippen molar-refractivity contribution in [1.82, 2.24) is 5.32 Å². The van der Waals surface area contributed by atoms with Crippen LogP contribution in [0.2, 0.25) is 0 Å². The van der Waals surface area contributed by atoms with Crippen molar-refractivity contribution in [1.29, 1.82) is 0 Å². The maximum absolute atomic E-state index is 12.9. The van der Waals surface area contributed by atoms with E-state index in [1.807, 2.05) is 17.5 Å². The first-order valence-corrected chi connectivity index (χ1v) is 8.97. The van der Waals surface area contributed by atoms with Crippen molar-refractivity contribution >= 4 is 17.2 Å². The van der Waals surface area contributed by atoms with E-state index < -0.39 is 11.0 Å². The summed E-state index contributed by atoms with van der Waals surface area (Å²) in [5, 5.41) is 15.5. The molecule has 4 nitrogen and oxygen atoms in total. The van der Waals surface area contributed by atoms with Crippen LogP contribution in [0.5, 0.6) is 0 Å². The summed E-state index contributed by atoms with van der Waals surface area (Å²) in [6.45, 7) is 1.95. The lowest BCUT2D eigenvalue weighted by Gasteiger charge is -2.29. The Morgan fingerprint density at radius 1 is 1.39 bits per heavy atom. The van der Waals surface area contributed by atoms with Gasteiger partial charge in [-0.15, -0.1) is 11.3 Å². The van der Waals surface area contributed by atoms with E-state index in [0.717, 1.165) is 36.3 Å². The van der Waals surface area contributed by atoms with Gasteiger partial charge in [0.15, 0.2) is 0 Å². The summed E-state index contributed by atoms with van der Waals surface area (Å²) in [6.07, 6.45) is 5.90. The van der Waals surface area contributed by atoms with Crippen LogP contribution < -0.4 is 5.32 Å². The molecule has 0 saturated heterocycles. The first-order valence-electron chi connectivity index (χ1n) is 8.09. The summed E-state index contributed by atoms with van der Waals surface area (Å²) < 4.78 is 5.28. The first kappa shape index (κ1) is 16.3. The molecule has 2 aromatic heterocycles. The molecule has 1 fully saturated rings. The fourth-order valence-corrected chi connectivity index (χ4v) is 4.39. The van der Waals surface area contributed by atoms with E-state index in [9.17, 15) is 9.90 Å². The molecule has 124 valence electrons. The molecule has 3 rings (SSSR count).